The molecule has 0 N–H and O–H groups in total. The van der Waals surface area contributed by atoms with Gasteiger partial charge in [-0.15, -0.1) is 0 Å². The maximum atomic E-state index is 13.4. The Hall–Kier alpha value is -3.83. The van der Waals surface area contributed by atoms with Crippen LogP contribution in [0.4, 0.5) is 13.2 Å². The minimum atomic E-state index is -5.01. The first-order chi connectivity index (χ1) is 12.8. The lowest BCUT2D eigenvalue weighted by molar-refractivity contribution is -0.143. The minimum Gasteiger partial charge on any atom is -0.324 e. The second-order valence-electron chi connectivity index (χ2n) is 5.32. The van der Waals surface area contributed by atoms with Crippen LogP contribution in [-0.4, -0.2) is 42.4 Å². The molecule has 0 radical (unpaired) electrons. The summed E-state index contributed by atoms with van der Waals surface area (Å²) in [4.78, 5) is 48.5. The number of carbonyl (C=O) groups excluding carboxylic acids is 3. The number of carbonyl (C=O) groups is 3. The summed E-state index contributed by atoms with van der Waals surface area (Å²) in [6, 6.07) is 5.63. The Labute approximate surface area is 146 Å². The van der Waals surface area contributed by atoms with Gasteiger partial charge in [0.15, 0.2) is 5.69 Å². The zero-order valence-electron chi connectivity index (χ0n) is 13.0. The first-order valence-corrected chi connectivity index (χ1v) is 7.25. The SMILES string of the molecule is O=C(ON1C(=O)c2ccccc2C1=O)c1cnc2ncnn2c1C(F)(F)F. The maximum absolute atomic E-state index is 13.4. The molecule has 0 unspecified atom stereocenters. The van der Waals surface area contributed by atoms with Gasteiger partial charge in [0.1, 0.15) is 11.9 Å². The van der Waals surface area contributed by atoms with Gasteiger partial charge in [0, 0.05) is 6.20 Å². The van der Waals surface area contributed by atoms with E-state index in [1.165, 1.54) is 24.3 Å². The van der Waals surface area contributed by atoms with Crippen LogP contribution < -0.4 is 0 Å². The number of fused-ring (bicyclic) bond motifs is 2. The van der Waals surface area contributed by atoms with Crippen LogP contribution in [0.5, 0.6) is 0 Å². The van der Waals surface area contributed by atoms with Gasteiger partial charge < -0.3 is 4.84 Å². The van der Waals surface area contributed by atoms with Gasteiger partial charge in [0.2, 0.25) is 0 Å². The van der Waals surface area contributed by atoms with Crippen molar-refractivity contribution >= 4 is 23.6 Å². The molecule has 0 saturated carbocycles. The number of rotatable bonds is 2. The molecule has 0 spiro atoms. The van der Waals surface area contributed by atoms with Gasteiger partial charge in [-0.2, -0.15) is 27.8 Å². The smallest absolute Gasteiger partial charge is 0.324 e. The predicted octanol–water partition coefficient (Wildman–Crippen LogP) is 1.51. The Bertz CT molecular complexity index is 1090. The molecule has 2 amide bonds. The maximum Gasteiger partial charge on any atom is 0.434 e. The van der Waals surface area contributed by atoms with Crippen molar-refractivity contribution in [1.82, 2.24) is 24.6 Å². The second-order valence-corrected chi connectivity index (χ2v) is 5.32. The fourth-order valence-corrected chi connectivity index (χ4v) is 2.58. The van der Waals surface area contributed by atoms with Crippen molar-refractivity contribution in [1.29, 1.82) is 0 Å². The topological polar surface area (TPSA) is 107 Å². The molecule has 12 heteroatoms. The number of alkyl halides is 3. The summed E-state index contributed by atoms with van der Waals surface area (Å²) in [7, 11) is 0. The van der Waals surface area contributed by atoms with E-state index < -0.39 is 35.2 Å². The molecule has 3 aromatic rings. The highest BCUT2D eigenvalue weighted by Crippen LogP contribution is 2.32. The zero-order valence-corrected chi connectivity index (χ0v) is 13.0. The number of imide groups is 1. The van der Waals surface area contributed by atoms with Crippen LogP contribution in [0.2, 0.25) is 0 Å². The zero-order chi connectivity index (χ0) is 19.3. The highest BCUT2D eigenvalue weighted by molar-refractivity contribution is 6.21. The number of nitrogens with zero attached hydrogens (tertiary/aromatic N) is 5. The number of hydroxylamine groups is 2. The molecule has 1 aliphatic heterocycles. The van der Waals surface area contributed by atoms with Gasteiger partial charge in [0.05, 0.1) is 11.1 Å². The summed E-state index contributed by atoms with van der Waals surface area (Å²) in [5.41, 5.74) is -2.59. The highest BCUT2D eigenvalue weighted by Gasteiger charge is 2.43. The third-order valence-corrected chi connectivity index (χ3v) is 3.73. The third-order valence-electron chi connectivity index (χ3n) is 3.73. The molecular formula is C15H6F3N5O4. The van der Waals surface area contributed by atoms with Crippen LogP contribution in [-0.2, 0) is 11.0 Å². The first kappa shape index (κ1) is 16.6. The van der Waals surface area contributed by atoms with E-state index in [1.807, 2.05) is 0 Å². The lowest BCUT2D eigenvalue weighted by atomic mass is 10.1. The van der Waals surface area contributed by atoms with Gasteiger partial charge in [-0.25, -0.2) is 9.78 Å². The number of hydrogen-bond donors (Lipinski definition) is 0. The highest BCUT2D eigenvalue weighted by atomic mass is 19.4. The van der Waals surface area contributed by atoms with Crippen molar-refractivity contribution in [2.24, 2.45) is 0 Å². The largest absolute Gasteiger partial charge is 0.434 e. The average Bonchev–Trinajstić information content (AvgIpc) is 3.19. The lowest BCUT2D eigenvalue weighted by Gasteiger charge is -2.15. The quantitative estimate of drug-likeness (QED) is 0.623. The van der Waals surface area contributed by atoms with Gasteiger partial charge in [-0.3, -0.25) is 9.59 Å². The molecule has 1 aromatic carbocycles. The van der Waals surface area contributed by atoms with Crippen LogP contribution >= 0.6 is 0 Å². The summed E-state index contributed by atoms with van der Waals surface area (Å²) in [5.74, 6) is -3.92. The van der Waals surface area contributed by atoms with Crippen LogP contribution in [0.3, 0.4) is 0 Å². The van der Waals surface area contributed by atoms with E-state index >= 15 is 0 Å². The third kappa shape index (κ3) is 2.49. The summed E-state index contributed by atoms with van der Waals surface area (Å²) in [6.07, 6.45) is -3.59. The number of hydrogen-bond acceptors (Lipinski definition) is 7. The number of amides is 2. The van der Waals surface area contributed by atoms with Crippen LogP contribution in [0.15, 0.2) is 36.8 Å². The van der Waals surface area contributed by atoms with Crippen LogP contribution in [0.1, 0.15) is 36.8 Å². The number of benzene rings is 1. The van der Waals surface area contributed by atoms with E-state index in [0.717, 1.165) is 6.33 Å². The molecular weight excluding hydrogens is 371 g/mol. The molecule has 136 valence electrons. The monoisotopic (exact) mass is 377 g/mol. The molecule has 1 aliphatic rings. The van der Waals surface area contributed by atoms with E-state index in [4.69, 9.17) is 0 Å². The summed E-state index contributed by atoms with van der Waals surface area (Å²) in [6.45, 7) is 0. The van der Waals surface area contributed by atoms with E-state index in [-0.39, 0.29) is 22.0 Å². The molecule has 3 heterocycles. The predicted molar refractivity (Wildman–Crippen MR) is 78.1 cm³/mol. The van der Waals surface area contributed by atoms with Crippen molar-refractivity contribution in [3.63, 3.8) is 0 Å². The molecule has 0 saturated heterocycles. The molecule has 27 heavy (non-hydrogen) atoms. The Morgan fingerprint density at radius 2 is 1.67 bits per heavy atom. The van der Waals surface area contributed by atoms with Crippen molar-refractivity contribution in [3.05, 3.63) is 59.2 Å². The van der Waals surface area contributed by atoms with Gasteiger partial charge in [-0.05, 0) is 12.1 Å². The van der Waals surface area contributed by atoms with Crippen molar-refractivity contribution < 1.29 is 32.4 Å². The standard InChI is InChI=1S/C15H6F3N5O4/c16-15(17,18)10-9(5-19-14-20-6-21-22(10)14)13(26)27-23-11(24)7-3-1-2-4-8(7)12(23)25/h1-6H. The van der Waals surface area contributed by atoms with Crippen molar-refractivity contribution in [2.75, 3.05) is 0 Å². The number of aromatic nitrogens is 4. The van der Waals surface area contributed by atoms with Crippen LogP contribution in [0.25, 0.3) is 5.78 Å². The Kier molecular flexibility index (Phi) is 3.44. The molecule has 0 bridgehead atoms. The summed E-state index contributed by atoms with van der Waals surface area (Å²) >= 11 is 0. The Morgan fingerprint density at radius 1 is 1.04 bits per heavy atom. The second kappa shape index (κ2) is 5.59. The first-order valence-electron chi connectivity index (χ1n) is 7.25. The van der Waals surface area contributed by atoms with Gasteiger partial charge in [-0.1, -0.05) is 17.2 Å². The molecule has 0 aliphatic carbocycles. The Morgan fingerprint density at radius 3 is 2.26 bits per heavy atom. The van der Waals surface area contributed by atoms with E-state index in [1.54, 1.807) is 0 Å². The van der Waals surface area contributed by atoms with E-state index in [0.29, 0.717) is 10.7 Å². The minimum absolute atomic E-state index is 0.0313. The molecule has 4 rings (SSSR count). The van der Waals surface area contributed by atoms with Crippen molar-refractivity contribution in [3.8, 4) is 0 Å². The van der Waals surface area contributed by atoms with Gasteiger partial charge >= 0.3 is 12.1 Å². The molecule has 9 nitrogen and oxygen atoms in total. The fourth-order valence-electron chi connectivity index (χ4n) is 2.58. The van der Waals surface area contributed by atoms with E-state index in [2.05, 4.69) is 19.9 Å². The molecule has 0 atom stereocenters. The normalized spacial score (nSPS) is 14.0. The number of halogens is 3. The summed E-state index contributed by atoms with van der Waals surface area (Å²) in [5, 5.41) is 3.50. The Balaban J connectivity index is 1.73. The average molecular weight is 377 g/mol. The van der Waals surface area contributed by atoms with Crippen LogP contribution in [0, 0.1) is 0 Å². The van der Waals surface area contributed by atoms with Crippen molar-refractivity contribution in [2.45, 2.75) is 6.18 Å². The lowest BCUT2D eigenvalue weighted by Crippen LogP contribution is -2.33. The van der Waals surface area contributed by atoms with E-state index in [9.17, 15) is 27.6 Å². The fraction of sp³-hybridized carbons (Fsp3) is 0.0667. The molecule has 0 fully saturated rings. The molecule has 2 aromatic heterocycles. The van der Waals surface area contributed by atoms with Gasteiger partial charge in [0.25, 0.3) is 17.6 Å². The summed E-state index contributed by atoms with van der Waals surface area (Å²) < 4.78 is 40.6.